The average Bonchev–Trinajstić information content (AvgIpc) is 3.44. The monoisotopic (exact) mass is 727 g/mol. The summed E-state index contributed by atoms with van der Waals surface area (Å²) in [4.78, 5) is 32.1. The molecular formula is C31H31BrF5N5O5. The number of rotatable bonds is 5. The summed E-state index contributed by atoms with van der Waals surface area (Å²) in [6.45, 7) is 4.32. The van der Waals surface area contributed by atoms with Gasteiger partial charge < -0.3 is 18.8 Å². The number of hydrogen-bond donors (Lipinski definition) is 1. The highest BCUT2D eigenvalue weighted by Crippen LogP contribution is 2.47. The van der Waals surface area contributed by atoms with Gasteiger partial charge in [0.15, 0.2) is 5.69 Å². The normalized spacial score (nSPS) is 20.4. The van der Waals surface area contributed by atoms with E-state index in [0.29, 0.717) is 5.56 Å². The summed E-state index contributed by atoms with van der Waals surface area (Å²) in [5.74, 6) is -5.19. The van der Waals surface area contributed by atoms with Crippen LogP contribution in [-0.2, 0) is 21.7 Å². The molecule has 1 atom stereocenters. The average molecular weight is 729 g/mol. The third kappa shape index (κ3) is 7.64. The SMILES string of the molecule is CC(C)(C)OC(=O)Nc1cc(Br)c2nc1-c1nnc(o1)C(OCc1ccccc1)(C(F)(F)F)CC=CCCN(C1CC(F)(F)C1)C2=O. The van der Waals surface area contributed by atoms with Crippen molar-refractivity contribution < 1.29 is 45.4 Å². The molecule has 2 aromatic heterocycles. The first-order valence-corrected chi connectivity index (χ1v) is 15.4. The van der Waals surface area contributed by atoms with Gasteiger partial charge in [-0.2, -0.15) is 13.2 Å². The molecule has 1 aliphatic carbocycles. The van der Waals surface area contributed by atoms with Gasteiger partial charge in [-0.25, -0.2) is 18.6 Å². The maximum Gasteiger partial charge on any atom is 0.426 e. The molecule has 0 radical (unpaired) electrons. The number of nitrogens with one attached hydrogen (secondary N) is 1. The first kappa shape index (κ1) is 34.4. The molecule has 2 amide bonds. The Kier molecular flexibility index (Phi) is 9.48. The largest absolute Gasteiger partial charge is 0.444 e. The number of fused-ring (bicyclic) bond motifs is 5. The molecule has 252 valence electrons. The summed E-state index contributed by atoms with van der Waals surface area (Å²) in [6, 6.07) is 8.63. The number of carbonyl (C=O) groups excluding carboxylic acids is 2. The summed E-state index contributed by atoms with van der Waals surface area (Å²) < 4.78 is 89.6. The second-order valence-electron chi connectivity index (χ2n) is 12.2. The summed E-state index contributed by atoms with van der Waals surface area (Å²) in [5, 5.41) is 10.0. The molecule has 10 nitrogen and oxygen atoms in total. The van der Waals surface area contributed by atoms with Crippen molar-refractivity contribution in [3.05, 3.63) is 70.2 Å². The number of ether oxygens (including phenoxy) is 2. The van der Waals surface area contributed by atoms with E-state index in [1.807, 2.05) is 0 Å². The van der Waals surface area contributed by atoms with Crippen LogP contribution in [0.5, 0.6) is 0 Å². The number of benzene rings is 1. The number of aromatic nitrogens is 3. The van der Waals surface area contributed by atoms with Gasteiger partial charge in [0.2, 0.25) is 5.60 Å². The van der Waals surface area contributed by atoms with E-state index in [-0.39, 0.29) is 34.5 Å². The predicted octanol–water partition coefficient (Wildman–Crippen LogP) is 7.81. The minimum atomic E-state index is -5.07. The summed E-state index contributed by atoms with van der Waals surface area (Å²) in [5.41, 5.74) is -4.35. The highest BCUT2D eigenvalue weighted by molar-refractivity contribution is 9.10. The molecule has 0 saturated heterocycles. The Bertz CT molecular complexity index is 1650. The van der Waals surface area contributed by atoms with E-state index in [1.165, 1.54) is 23.1 Å². The van der Waals surface area contributed by atoms with Crippen molar-refractivity contribution in [2.75, 3.05) is 11.9 Å². The molecule has 1 N–H and O–H groups in total. The predicted molar refractivity (Wildman–Crippen MR) is 161 cm³/mol. The van der Waals surface area contributed by atoms with Gasteiger partial charge in [-0.05, 0) is 54.8 Å². The molecule has 1 unspecified atom stereocenters. The van der Waals surface area contributed by atoms with Crippen LogP contribution in [0, 0.1) is 0 Å². The Morgan fingerprint density at radius 2 is 1.81 bits per heavy atom. The number of carbonyl (C=O) groups is 2. The Hall–Kier alpha value is -3.92. The lowest BCUT2D eigenvalue weighted by Gasteiger charge is -2.42. The van der Waals surface area contributed by atoms with Gasteiger partial charge in [-0.1, -0.05) is 42.5 Å². The number of halogens is 6. The lowest BCUT2D eigenvalue weighted by molar-refractivity contribution is -0.295. The molecule has 1 saturated carbocycles. The molecule has 3 heterocycles. The molecule has 47 heavy (non-hydrogen) atoms. The molecule has 16 heteroatoms. The minimum Gasteiger partial charge on any atom is -0.444 e. The lowest BCUT2D eigenvalue weighted by atomic mass is 9.86. The molecule has 2 aliphatic rings. The number of alkyl halides is 5. The number of anilines is 1. The van der Waals surface area contributed by atoms with E-state index >= 15 is 13.2 Å². The van der Waals surface area contributed by atoms with Gasteiger partial charge in [0.25, 0.3) is 23.6 Å². The maximum atomic E-state index is 15.1. The first-order chi connectivity index (χ1) is 22.0. The van der Waals surface area contributed by atoms with E-state index in [2.05, 4.69) is 36.4 Å². The maximum absolute atomic E-state index is 15.1. The van der Waals surface area contributed by atoms with Crippen LogP contribution in [0.4, 0.5) is 32.4 Å². The van der Waals surface area contributed by atoms with E-state index < -0.39 is 79.0 Å². The molecule has 0 spiro atoms. The van der Waals surface area contributed by atoms with Crippen LogP contribution >= 0.6 is 15.9 Å². The van der Waals surface area contributed by atoms with Crippen LogP contribution in [-0.4, -0.2) is 62.4 Å². The fraction of sp³-hybridized carbons (Fsp3) is 0.452. The zero-order valence-corrected chi connectivity index (χ0v) is 27.1. The van der Waals surface area contributed by atoms with Gasteiger partial charge >= 0.3 is 12.3 Å². The lowest BCUT2D eigenvalue weighted by Crippen LogP contribution is -2.53. The highest BCUT2D eigenvalue weighted by Gasteiger charge is 2.61. The van der Waals surface area contributed by atoms with Crippen molar-refractivity contribution in [3.8, 4) is 11.6 Å². The summed E-state index contributed by atoms with van der Waals surface area (Å²) in [6.07, 6.45) is -5.29. The molecular weight excluding hydrogens is 697 g/mol. The molecule has 4 bridgehead atoms. The topological polar surface area (TPSA) is 120 Å². The van der Waals surface area contributed by atoms with Crippen LogP contribution in [0.3, 0.4) is 0 Å². The Morgan fingerprint density at radius 1 is 1.11 bits per heavy atom. The number of amides is 2. The van der Waals surface area contributed by atoms with Gasteiger partial charge in [-0.3, -0.25) is 10.1 Å². The Labute approximate surface area is 274 Å². The second kappa shape index (κ2) is 12.9. The van der Waals surface area contributed by atoms with Crippen LogP contribution in [0.25, 0.3) is 11.6 Å². The van der Waals surface area contributed by atoms with Crippen LogP contribution in [0.15, 0.2) is 57.4 Å². The molecule has 5 rings (SSSR count). The smallest absolute Gasteiger partial charge is 0.426 e. The van der Waals surface area contributed by atoms with Gasteiger partial charge in [-0.15, -0.1) is 10.2 Å². The van der Waals surface area contributed by atoms with E-state index in [0.717, 1.165) is 0 Å². The fourth-order valence-corrected chi connectivity index (χ4v) is 5.60. The van der Waals surface area contributed by atoms with Crippen molar-refractivity contribution >= 4 is 33.6 Å². The van der Waals surface area contributed by atoms with Crippen LogP contribution in [0.2, 0.25) is 0 Å². The molecule has 1 aliphatic heterocycles. The number of hydrogen-bond acceptors (Lipinski definition) is 8. The number of pyridine rings is 1. The molecule has 1 aromatic carbocycles. The third-order valence-corrected chi connectivity index (χ3v) is 8.06. The quantitative estimate of drug-likeness (QED) is 0.209. The summed E-state index contributed by atoms with van der Waals surface area (Å²) in [7, 11) is 0. The van der Waals surface area contributed by atoms with Crippen molar-refractivity contribution in [1.29, 1.82) is 0 Å². The minimum absolute atomic E-state index is 0.0400. The number of nitrogens with zero attached hydrogens (tertiary/aromatic N) is 4. The highest BCUT2D eigenvalue weighted by atomic mass is 79.9. The van der Waals surface area contributed by atoms with Crippen molar-refractivity contribution in [1.82, 2.24) is 20.1 Å². The second-order valence-corrected chi connectivity index (χ2v) is 13.1. The van der Waals surface area contributed by atoms with E-state index in [4.69, 9.17) is 13.9 Å². The van der Waals surface area contributed by atoms with Crippen LogP contribution in [0.1, 0.15) is 68.4 Å². The van der Waals surface area contributed by atoms with Gasteiger partial charge in [0.1, 0.15) is 11.3 Å². The van der Waals surface area contributed by atoms with E-state index in [9.17, 15) is 18.4 Å². The standard InChI is InChI=1S/C31H31BrF5N5O5/c1-28(2,3)47-27(44)38-21-14-20(32)22-25(43)42(19-15-29(33,34)16-19)13-9-5-8-12-30(31(35,36)37,45-17-18-10-6-4-7-11-18)26-41-40-24(46-26)23(21)39-22/h4-8,10-11,14,19H,9,12-13,15-17H2,1-3H3,(H,38,44). The molecule has 1 fully saturated rings. The molecule has 3 aromatic rings. The Balaban J connectivity index is 1.64. The first-order valence-electron chi connectivity index (χ1n) is 14.6. The summed E-state index contributed by atoms with van der Waals surface area (Å²) >= 11 is 3.27. The van der Waals surface area contributed by atoms with Crippen molar-refractivity contribution in [2.24, 2.45) is 0 Å². The van der Waals surface area contributed by atoms with Gasteiger partial charge in [0, 0.05) is 31.8 Å². The van der Waals surface area contributed by atoms with Gasteiger partial charge in [0.05, 0.1) is 16.8 Å². The van der Waals surface area contributed by atoms with E-state index in [1.54, 1.807) is 51.1 Å². The zero-order chi connectivity index (χ0) is 34.2. The van der Waals surface area contributed by atoms with Crippen molar-refractivity contribution in [2.45, 2.75) is 82.4 Å². The third-order valence-electron chi connectivity index (χ3n) is 7.45. The van der Waals surface area contributed by atoms with Crippen LogP contribution < -0.4 is 5.32 Å². The Morgan fingerprint density at radius 3 is 2.45 bits per heavy atom. The zero-order valence-electron chi connectivity index (χ0n) is 25.5. The van der Waals surface area contributed by atoms with Crippen molar-refractivity contribution in [3.63, 3.8) is 0 Å². The fourth-order valence-electron chi connectivity index (χ4n) is 5.12.